The van der Waals surface area contributed by atoms with Gasteiger partial charge in [0.1, 0.15) is 12.1 Å². The summed E-state index contributed by atoms with van der Waals surface area (Å²) >= 11 is 0. The van der Waals surface area contributed by atoms with E-state index in [4.69, 9.17) is 0 Å². The predicted octanol–water partition coefficient (Wildman–Crippen LogP) is 3.19. The second kappa shape index (κ2) is 13.5. The number of anilines is 3. The van der Waals surface area contributed by atoms with Crippen molar-refractivity contribution in [2.75, 3.05) is 22.5 Å². The zero-order chi connectivity index (χ0) is 21.6. The monoisotopic (exact) mass is 410 g/mol. The summed E-state index contributed by atoms with van der Waals surface area (Å²) in [4.78, 5) is 35.2. The molecule has 29 heavy (non-hydrogen) atoms. The molecule has 2 atom stereocenters. The number of carbonyl (C=O) groups is 2. The van der Waals surface area contributed by atoms with Crippen molar-refractivity contribution in [1.82, 2.24) is 15.0 Å². The lowest BCUT2D eigenvalue weighted by Gasteiger charge is -2.16. The Hall–Kier alpha value is -2.65. The summed E-state index contributed by atoms with van der Waals surface area (Å²) in [5.41, 5.74) is 0. The predicted molar refractivity (Wildman–Crippen MR) is 112 cm³/mol. The molecule has 5 N–H and O–H groups in total. The van der Waals surface area contributed by atoms with E-state index >= 15 is 0 Å². The maximum absolute atomic E-state index is 11.3. The fourth-order valence-electron chi connectivity index (χ4n) is 2.68. The van der Waals surface area contributed by atoms with E-state index in [9.17, 15) is 19.8 Å². The molecule has 1 rings (SSSR count). The van der Waals surface area contributed by atoms with E-state index in [1.807, 2.05) is 0 Å². The van der Waals surface area contributed by atoms with E-state index in [0.717, 1.165) is 12.8 Å². The Balaban J connectivity index is 2.83. The van der Waals surface area contributed by atoms with Gasteiger partial charge in [-0.05, 0) is 19.3 Å². The van der Waals surface area contributed by atoms with E-state index in [1.165, 1.54) is 25.7 Å². The lowest BCUT2D eigenvalue weighted by molar-refractivity contribution is -0.138. The van der Waals surface area contributed by atoms with Crippen LogP contribution >= 0.6 is 0 Å². The second-order valence-corrected chi connectivity index (χ2v) is 6.89. The number of nitrogens with zero attached hydrogens (tertiary/aromatic N) is 3. The number of aromatic nitrogens is 3. The minimum absolute atomic E-state index is 0.0856. The van der Waals surface area contributed by atoms with Crippen molar-refractivity contribution in [3.8, 4) is 0 Å². The van der Waals surface area contributed by atoms with Crippen LogP contribution in [0.4, 0.5) is 17.8 Å². The number of aliphatic carboxylic acids is 2. The highest BCUT2D eigenvalue weighted by Gasteiger charge is 2.20. The number of rotatable bonds is 16. The Morgan fingerprint density at radius 3 is 1.66 bits per heavy atom. The van der Waals surface area contributed by atoms with Gasteiger partial charge >= 0.3 is 11.9 Å². The topological polar surface area (TPSA) is 149 Å². The Kier molecular flexibility index (Phi) is 11.4. The SMILES string of the molecule is CCCCCCCCNc1nc(NC(CC)C(=O)O)nc(NC(CC)C(=O)O)n1. The molecule has 1 aromatic rings. The number of carboxylic acid groups (broad SMARTS) is 2. The molecule has 0 bridgehead atoms. The van der Waals surface area contributed by atoms with Crippen LogP contribution < -0.4 is 16.0 Å². The summed E-state index contributed by atoms with van der Waals surface area (Å²) in [6, 6.07) is -1.70. The molecular weight excluding hydrogens is 376 g/mol. The first-order chi connectivity index (χ1) is 13.9. The number of hydrogen-bond acceptors (Lipinski definition) is 8. The molecule has 0 aliphatic rings. The molecule has 0 aliphatic heterocycles. The van der Waals surface area contributed by atoms with Gasteiger partial charge < -0.3 is 26.2 Å². The summed E-state index contributed by atoms with van der Waals surface area (Å²) in [6.07, 6.45) is 7.61. The van der Waals surface area contributed by atoms with Gasteiger partial charge in [0.15, 0.2) is 0 Å². The molecule has 1 heterocycles. The van der Waals surface area contributed by atoms with Crippen molar-refractivity contribution < 1.29 is 19.8 Å². The zero-order valence-electron chi connectivity index (χ0n) is 17.6. The van der Waals surface area contributed by atoms with E-state index in [1.54, 1.807) is 13.8 Å². The Morgan fingerprint density at radius 2 is 1.21 bits per heavy atom. The number of hydrogen-bond donors (Lipinski definition) is 5. The normalized spacial score (nSPS) is 12.8. The third kappa shape index (κ3) is 9.40. The standard InChI is InChI=1S/C19H34N6O4/c1-4-7-8-9-10-11-12-20-17-23-18(21-13(5-2)15(26)27)25-19(24-17)22-14(6-3)16(28)29/h13-14H,4-12H2,1-3H3,(H,26,27)(H,28,29)(H3,20,21,22,23,24,25). The highest BCUT2D eigenvalue weighted by Crippen LogP contribution is 2.14. The van der Waals surface area contributed by atoms with Crippen LogP contribution in [0.3, 0.4) is 0 Å². The molecule has 0 radical (unpaired) electrons. The number of unbranched alkanes of at least 4 members (excludes halogenated alkanes) is 5. The summed E-state index contributed by atoms with van der Waals surface area (Å²) in [5.74, 6) is -1.58. The van der Waals surface area contributed by atoms with Gasteiger partial charge in [-0.15, -0.1) is 0 Å². The van der Waals surface area contributed by atoms with Crippen LogP contribution in [0.25, 0.3) is 0 Å². The van der Waals surface area contributed by atoms with Crippen molar-refractivity contribution in [1.29, 1.82) is 0 Å². The van der Waals surface area contributed by atoms with Crippen LogP contribution in [0.1, 0.15) is 72.1 Å². The Labute approximate surface area is 171 Å². The van der Waals surface area contributed by atoms with Gasteiger partial charge in [0.05, 0.1) is 0 Å². The molecule has 164 valence electrons. The van der Waals surface area contributed by atoms with Crippen molar-refractivity contribution in [2.45, 2.75) is 84.2 Å². The average molecular weight is 411 g/mol. The van der Waals surface area contributed by atoms with Crippen LogP contribution in [-0.2, 0) is 9.59 Å². The van der Waals surface area contributed by atoms with Gasteiger partial charge in [-0.2, -0.15) is 15.0 Å². The smallest absolute Gasteiger partial charge is 0.326 e. The van der Waals surface area contributed by atoms with Crippen molar-refractivity contribution in [3.63, 3.8) is 0 Å². The molecule has 2 unspecified atom stereocenters. The fraction of sp³-hybridized carbons (Fsp3) is 0.737. The summed E-state index contributed by atoms with van der Waals surface area (Å²) in [6.45, 7) is 6.32. The highest BCUT2D eigenvalue weighted by atomic mass is 16.4. The molecular formula is C19H34N6O4. The van der Waals surface area contributed by atoms with E-state index < -0.39 is 24.0 Å². The molecule has 0 amide bonds. The lowest BCUT2D eigenvalue weighted by Crippen LogP contribution is -2.31. The molecule has 0 saturated heterocycles. The van der Waals surface area contributed by atoms with Gasteiger partial charge in [-0.1, -0.05) is 52.9 Å². The lowest BCUT2D eigenvalue weighted by atomic mass is 10.1. The molecule has 0 spiro atoms. The quantitative estimate of drug-likeness (QED) is 0.257. The van der Waals surface area contributed by atoms with Crippen molar-refractivity contribution in [3.05, 3.63) is 0 Å². The van der Waals surface area contributed by atoms with Crippen LogP contribution in [0.15, 0.2) is 0 Å². The highest BCUT2D eigenvalue weighted by molar-refractivity contribution is 5.77. The van der Waals surface area contributed by atoms with Crippen LogP contribution in [-0.4, -0.2) is 55.7 Å². The van der Waals surface area contributed by atoms with E-state index in [2.05, 4.69) is 37.8 Å². The summed E-state index contributed by atoms with van der Waals surface area (Å²) < 4.78 is 0. The summed E-state index contributed by atoms with van der Waals surface area (Å²) in [5, 5.41) is 27.1. The Morgan fingerprint density at radius 1 is 0.759 bits per heavy atom. The third-order valence-electron chi connectivity index (χ3n) is 4.47. The largest absolute Gasteiger partial charge is 0.480 e. The Bertz CT molecular complexity index is 601. The van der Waals surface area contributed by atoms with Gasteiger partial charge in [0.2, 0.25) is 17.8 Å². The first-order valence-corrected chi connectivity index (χ1v) is 10.4. The minimum Gasteiger partial charge on any atom is -0.480 e. The average Bonchev–Trinajstić information content (AvgIpc) is 2.69. The maximum atomic E-state index is 11.3. The molecule has 10 nitrogen and oxygen atoms in total. The molecule has 1 aromatic heterocycles. The molecule has 0 aliphatic carbocycles. The fourth-order valence-corrected chi connectivity index (χ4v) is 2.68. The first-order valence-electron chi connectivity index (χ1n) is 10.4. The van der Waals surface area contributed by atoms with Crippen molar-refractivity contribution in [2.24, 2.45) is 0 Å². The van der Waals surface area contributed by atoms with Gasteiger partial charge in [-0.3, -0.25) is 0 Å². The molecule has 10 heteroatoms. The van der Waals surface area contributed by atoms with Crippen LogP contribution in [0.5, 0.6) is 0 Å². The van der Waals surface area contributed by atoms with Crippen LogP contribution in [0, 0.1) is 0 Å². The molecule has 0 fully saturated rings. The number of carboxylic acids is 2. The summed E-state index contributed by atoms with van der Waals surface area (Å²) in [7, 11) is 0. The van der Waals surface area contributed by atoms with Gasteiger partial charge in [-0.25, -0.2) is 9.59 Å². The molecule has 0 aromatic carbocycles. The zero-order valence-corrected chi connectivity index (χ0v) is 17.6. The first kappa shape index (κ1) is 24.4. The van der Waals surface area contributed by atoms with E-state index in [0.29, 0.717) is 19.4 Å². The van der Waals surface area contributed by atoms with Crippen molar-refractivity contribution >= 4 is 29.8 Å². The van der Waals surface area contributed by atoms with Gasteiger partial charge in [0.25, 0.3) is 0 Å². The van der Waals surface area contributed by atoms with Gasteiger partial charge in [0, 0.05) is 6.54 Å². The minimum atomic E-state index is -1.01. The molecule has 0 saturated carbocycles. The second-order valence-electron chi connectivity index (χ2n) is 6.89. The third-order valence-corrected chi connectivity index (χ3v) is 4.47. The number of nitrogens with one attached hydrogen (secondary N) is 3. The van der Waals surface area contributed by atoms with Crippen LogP contribution in [0.2, 0.25) is 0 Å². The van der Waals surface area contributed by atoms with E-state index in [-0.39, 0.29) is 17.8 Å². The maximum Gasteiger partial charge on any atom is 0.326 e.